The van der Waals surface area contributed by atoms with Crippen LogP contribution in [0, 0.1) is 11.8 Å². The van der Waals surface area contributed by atoms with E-state index in [-0.39, 0.29) is 36.4 Å². The Balaban J connectivity index is 1.89. The Labute approximate surface area is 220 Å². The van der Waals surface area contributed by atoms with Gasteiger partial charge in [0.2, 0.25) is 11.8 Å². The molecule has 3 fully saturated rings. The van der Waals surface area contributed by atoms with Gasteiger partial charge in [-0.05, 0) is 39.7 Å². The minimum atomic E-state index is -1.22. The molecule has 7 atom stereocenters. The molecule has 1 spiro atoms. The quantitative estimate of drug-likeness (QED) is 0.297. The lowest BCUT2D eigenvalue weighted by atomic mass is 9.70. The van der Waals surface area contributed by atoms with Gasteiger partial charge in [-0.3, -0.25) is 14.4 Å². The highest BCUT2D eigenvalue weighted by Gasteiger charge is 2.77. The first kappa shape index (κ1) is 26.8. The lowest BCUT2D eigenvalue weighted by molar-refractivity contribution is -0.157. The smallest absolute Gasteiger partial charge is 0.312 e. The molecule has 1 unspecified atom stereocenters. The molecule has 3 heterocycles. The van der Waals surface area contributed by atoms with Crippen LogP contribution in [-0.4, -0.2) is 80.6 Å². The Morgan fingerprint density at radius 2 is 2.03 bits per heavy atom. The maximum Gasteiger partial charge on any atom is 0.312 e. The highest BCUT2D eigenvalue weighted by molar-refractivity contribution is 9.09. The molecule has 196 valence electrons. The number of carbonyl (C=O) groups is 3. The number of aliphatic hydroxyl groups is 1. The maximum atomic E-state index is 14.4. The first-order chi connectivity index (χ1) is 17.0. The topological polar surface area (TPSA) is 96.4 Å². The number of esters is 1. The fourth-order valence-corrected chi connectivity index (χ4v) is 7.13. The van der Waals surface area contributed by atoms with Crippen molar-refractivity contribution < 1.29 is 29.0 Å². The zero-order chi connectivity index (χ0) is 26.4. The molecule has 0 radical (unpaired) electrons. The van der Waals surface area contributed by atoms with E-state index in [0.717, 1.165) is 0 Å². The summed E-state index contributed by atoms with van der Waals surface area (Å²) in [5.74, 6) is -2.89. The van der Waals surface area contributed by atoms with Gasteiger partial charge in [-0.1, -0.05) is 52.3 Å². The molecule has 3 saturated heterocycles. The fourth-order valence-electron chi connectivity index (χ4n) is 6.19. The van der Waals surface area contributed by atoms with Crippen LogP contribution in [0.15, 0.2) is 43.0 Å². The third kappa shape index (κ3) is 4.09. The van der Waals surface area contributed by atoms with Crippen LogP contribution in [0.1, 0.15) is 45.7 Å². The Morgan fingerprint density at radius 1 is 1.36 bits per heavy atom. The molecule has 2 amide bonds. The van der Waals surface area contributed by atoms with E-state index in [1.807, 2.05) is 51.1 Å². The SMILES string of the molecule is C=CCN(C(=O)[C@@H]1N([C@H](CO)c2ccccc2)C(=O)[C@H]2[C@H](C(=O)OCC)[C@H]3O[C@@]12CC3Br)C(C)(C)C. The molecule has 1 aromatic rings. The van der Waals surface area contributed by atoms with Crippen LogP contribution >= 0.6 is 15.9 Å². The lowest BCUT2D eigenvalue weighted by Crippen LogP contribution is -2.60. The normalized spacial score (nSPS) is 31.8. The van der Waals surface area contributed by atoms with Gasteiger partial charge in [0.25, 0.3) is 0 Å². The van der Waals surface area contributed by atoms with E-state index in [1.54, 1.807) is 17.9 Å². The summed E-state index contributed by atoms with van der Waals surface area (Å²) < 4.78 is 11.9. The summed E-state index contributed by atoms with van der Waals surface area (Å²) in [6, 6.07) is 7.33. The van der Waals surface area contributed by atoms with E-state index in [1.165, 1.54) is 4.90 Å². The lowest BCUT2D eigenvalue weighted by Gasteiger charge is -2.43. The van der Waals surface area contributed by atoms with E-state index < -0.39 is 47.1 Å². The minimum Gasteiger partial charge on any atom is -0.466 e. The number of ether oxygens (including phenoxy) is 2. The molecule has 9 heteroatoms. The molecule has 3 aliphatic heterocycles. The number of carbonyl (C=O) groups excluding carboxylic acids is 3. The highest BCUT2D eigenvalue weighted by Crippen LogP contribution is 2.61. The third-order valence-electron chi connectivity index (χ3n) is 7.60. The number of amides is 2. The average molecular weight is 563 g/mol. The fraction of sp³-hybridized carbons (Fsp3) is 0.593. The average Bonchev–Trinajstić information content (AvgIpc) is 3.42. The van der Waals surface area contributed by atoms with Gasteiger partial charge in [-0.2, -0.15) is 0 Å². The van der Waals surface area contributed by atoms with Crippen molar-refractivity contribution >= 4 is 33.7 Å². The Morgan fingerprint density at radius 3 is 2.58 bits per heavy atom. The van der Waals surface area contributed by atoms with Gasteiger partial charge in [-0.25, -0.2) is 0 Å². The Kier molecular flexibility index (Phi) is 7.38. The van der Waals surface area contributed by atoms with Crippen molar-refractivity contribution in [1.82, 2.24) is 9.80 Å². The van der Waals surface area contributed by atoms with Gasteiger partial charge in [0.05, 0.1) is 37.2 Å². The second-order valence-electron chi connectivity index (χ2n) is 10.7. The van der Waals surface area contributed by atoms with Crippen molar-refractivity contribution in [3.05, 3.63) is 48.6 Å². The van der Waals surface area contributed by atoms with Crippen LogP contribution in [0.4, 0.5) is 0 Å². The Bertz CT molecular complexity index is 1030. The van der Waals surface area contributed by atoms with Gasteiger partial charge >= 0.3 is 5.97 Å². The largest absolute Gasteiger partial charge is 0.466 e. The van der Waals surface area contributed by atoms with Crippen LogP contribution in [0.2, 0.25) is 0 Å². The highest BCUT2D eigenvalue weighted by atomic mass is 79.9. The summed E-state index contributed by atoms with van der Waals surface area (Å²) in [4.78, 5) is 44.7. The Hall–Kier alpha value is -2.23. The minimum absolute atomic E-state index is 0.176. The summed E-state index contributed by atoms with van der Waals surface area (Å²) in [5.41, 5.74) is -1.09. The van der Waals surface area contributed by atoms with E-state index in [2.05, 4.69) is 22.5 Å². The zero-order valence-corrected chi connectivity index (χ0v) is 22.8. The van der Waals surface area contributed by atoms with Gasteiger partial charge in [-0.15, -0.1) is 6.58 Å². The van der Waals surface area contributed by atoms with Gasteiger partial charge in [0.15, 0.2) is 0 Å². The number of hydrogen-bond donors (Lipinski definition) is 1. The second kappa shape index (κ2) is 9.91. The molecule has 8 nitrogen and oxygen atoms in total. The molecule has 36 heavy (non-hydrogen) atoms. The van der Waals surface area contributed by atoms with Crippen molar-refractivity contribution in [3.8, 4) is 0 Å². The van der Waals surface area contributed by atoms with Crippen LogP contribution < -0.4 is 0 Å². The molecular formula is C27H35BrN2O6. The molecular weight excluding hydrogens is 528 g/mol. The van der Waals surface area contributed by atoms with Gasteiger partial charge in [0.1, 0.15) is 11.6 Å². The summed E-state index contributed by atoms with van der Waals surface area (Å²) >= 11 is 3.66. The van der Waals surface area contributed by atoms with Crippen LogP contribution in [-0.2, 0) is 23.9 Å². The molecule has 4 rings (SSSR count). The first-order valence-electron chi connectivity index (χ1n) is 12.4. The van der Waals surface area contributed by atoms with Crippen LogP contribution in [0.25, 0.3) is 0 Å². The number of aliphatic hydroxyl groups excluding tert-OH is 1. The van der Waals surface area contributed by atoms with Crippen molar-refractivity contribution in [1.29, 1.82) is 0 Å². The number of halogens is 1. The molecule has 3 aliphatic rings. The maximum absolute atomic E-state index is 14.4. The van der Waals surface area contributed by atoms with Gasteiger partial charge in [0, 0.05) is 16.9 Å². The number of hydrogen-bond acceptors (Lipinski definition) is 6. The molecule has 2 bridgehead atoms. The molecule has 0 aliphatic carbocycles. The number of alkyl halides is 1. The number of likely N-dealkylation sites (tertiary alicyclic amines) is 1. The third-order valence-corrected chi connectivity index (χ3v) is 8.45. The van der Waals surface area contributed by atoms with Crippen molar-refractivity contribution in [2.45, 2.75) is 68.3 Å². The van der Waals surface area contributed by atoms with Crippen LogP contribution in [0.3, 0.4) is 0 Å². The van der Waals surface area contributed by atoms with Crippen molar-refractivity contribution in [3.63, 3.8) is 0 Å². The monoisotopic (exact) mass is 562 g/mol. The predicted octanol–water partition coefficient (Wildman–Crippen LogP) is 2.84. The second-order valence-corrected chi connectivity index (χ2v) is 11.9. The molecule has 1 aromatic carbocycles. The summed E-state index contributed by atoms with van der Waals surface area (Å²) in [6.07, 6.45) is 1.46. The zero-order valence-electron chi connectivity index (χ0n) is 21.2. The summed E-state index contributed by atoms with van der Waals surface area (Å²) in [7, 11) is 0. The molecule has 0 saturated carbocycles. The molecule has 1 N–H and O–H groups in total. The predicted molar refractivity (Wildman–Crippen MR) is 137 cm³/mol. The standard InChI is InChI=1S/C27H35BrN2O6/c1-6-13-29(26(3,4)5)24(33)22-27-14-17(28)21(36-27)19(25(34)35-7-2)20(27)23(32)30(22)18(15-31)16-11-9-8-10-12-16/h6,8-12,17-22,31H,1,7,13-15H2,2-5H3/t17?,18-,19+,20-,21+,22+,27-/m1/s1. The number of fused-ring (bicyclic) bond motifs is 1. The number of rotatable bonds is 8. The molecule has 0 aromatic heterocycles. The van der Waals surface area contributed by atoms with E-state index in [9.17, 15) is 19.5 Å². The number of benzene rings is 1. The van der Waals surface area contributed by atoms with Crippen molar-refractivity contribution in [2.75, 3.05) is 19.8 Å². The van der Waals surface area contributed by atoms with Gasteiger partial charge < -0.3 is 24.4 Å². The summed E-state index contributed by atoms with van der Waals surface area (Å²) in [5, 5.41) is 10.5. The van der Waals surface area contributed by atoms with Crippen LogP contribution in [0.5, 0.6) is 0 Å². The number of nitrogens with zero attached hydrogens (tertiary/aromatic N) is 2. The van der Waals surface area contributed by atoms with E-state index in [0.29, 0.717) is 12.0 Å². The van der Waals surface area contributed by atoms with E-state index >= 15 is 0 Å². The summed E-state index contributed by atoms with van der Waals surface area (Å²) in [6.45, 7) is 11.4. The van der Waals surface area contributed by atoms with E-state index in [4.69, 9.17) is 9.47 Å². The van der Waals surface area contributed by atoms with Crippen molar-refractivity contribution in [2.24, 2.45) is 11.8 Å². The first-order valence-corrected chi connectivity index (χ1v) is 13.3.